The fraction of sp³-hybridized carbons (Fsp3) is 0.192. The third kappa shape index (κ3) is 2.91. The summed E-state index contributed by atoms with van der Waals surface area (Å²) in [5.41, 5.74) is -3.75. The van der Waals surface area contributed by atoms with E-state index in [4.69, 9.17) is 0 Å². The van der Waals surface area contributed by atoms with Gasteiger partial charge in [-0.3, -0.25) is 0 Å². The zero-order valence-corrected chi connectivity index (χ0v) is 17.4. The lowest BCUT2D eigenvalue weighted by atomic mass is 9.76. The number of hydrogen-bond acceptors (Lipinski definition) is 1. The van der Waals surface area contributed by atoms with E-state index in [1.165, 1.54) is 30.3 Å². The van der Waals surface area contributed by atoms with Crippen molar-refractivity contribution >= 4 is 10.9 Å². The van der Waals surface area contributed by atoms with Crippen LogP contribution in [0.25, 0.3) is 33.3 Å². The SMILES string of the molecule is CCc1cc(-c2ccc3c(c2)C(C(F)(F)F)(C(F)(F)F)c2ccccc2-3)nc2ccccc12. The van der Waals surface area contributed by atoms with Crippen molar-refractivity contribution in [3.05, 3.63) is 89.5 Å². The van der Waals surface area contributed by atoms with Crippen LogP contribution in [0, 0.1) is 0 Å². The van der Waals surface area contributed by atoms with Gasteiger partial charge in [0.1, 0.15) is 0 Å². The Kier molecular flexibility index (Phi) is 4.61. The number of nitrogens with zero attached hydrogens (tertiary/aromatic N) is 1. The number of benzene rings is 3. The molecule has 1 aliphatic carbocycles. The van der Waals surface area contributed by atoms with Crippen molar-refractivity contribution in [3.63, 3.8) is 0 Å². The number of aryl methyl sites for hydroxylation is 1. The number of aromatic nitrogens is 1. The molecule has 0 fully saturated rings. The number of fused-ring (bicyclic) bond motifs is 4. The first-order valence-corrected chi connectivity index (χ1v) is 10.4. The Balaban J connectivity index is 1.82. The summed E-state index contributed by atoms with van der Waals surface area (Å²) in [5, 5.41) is 0.900. The molecule has 7 heteroatoms. The van der Waals surface area contributed by atoms with Gasteiger partial charge in [0.05, 0.1) is 11.2 Å². The number of halogens is 6. The van der Waals surface area contributed by atoms with Crippen molar-refractivity contribution in [1.82, 2.24) is 4.98 Å². The second-order valence-electron chi connectivity index (χ2n) is 8.09. The van der Waals surface area contributed by atoms with E-state index in [9.17, 15) is 26.3 Å². The first kappa shape index (κ1) is 21.5. The summed E-state index contributed by atoms with van der Waals surface area (Å²) in [4.78, 5) is 4.54. The molecule has 5 rings (SSSR count). The Bertz CT molecular complexity index is 1370. The third-order valence-corrected chi connectivity index (χ3v) is 6.37. The molecule has 0 bridgehead atoms. The Labute approximate surface area is 185 Å². The molecular weight excluding hydrogens is 440 g/mol. The fourth-order valence-electron chi connectivity index (χ4n) is 4.90. The molecule has 1 heterocycles. The number of rotatable bonds is 2. The maximum absolute atomic E-state index is 14.4. The maximum Gasteiger partial charge on any atom is 0.411 e. The molecule has 0 spiro atoms. The van der Waals surface area contributed by atoms with Crippen molar-refractivity contribution in [2.45, 2.75) is 31.1 Å². The van der Waals surface area contributed by atoms with E-state index in [1.54, 1.807) is 18.2 Å². The molecule has 0 N–H and O–H groups in total. The highest BCUT2D eigenvalue weighted by atomic mass is 19.4. The van der Waals surface area contributed by atoms with Crippen LogP contribution < -0.4 is 0 Å². The normalized spacial score (nSPS) is 14.9. The van der Waals surface area contributed by atoms with E-state index in [0.717, 1.165) is 23.1 Å². The van der Waals surface area contributed by atoms with Crippen LogP contribution in [-0.2, 0) is 11.8 Å². The van der Waals surface area contributed by atoms with Gasteiger partial charge in [0.25, 0.3) is 0 Å². The van der Waals surface area contributed by atoms with Crippen LogP contribution in [0.15, 0.2) is 72.8 Å². The summed E-state index contributed by atoms with van der Waals surface area (Å²) in [6.07, 6.45) is -10.5. The average molecular weight is 457 g/mol. The highest BCUT2D eigenvalue weighted by Gasteiger charge is 2.75. The van der Waals surface area contributed by atoms with Crippen LogP contribution in [-0.4, -0.2) is 17.3 Å². The smallest absolute Gasteiger partial charge is 0.248 e. The van der Waals surface area contributed by atoms with Crippen LogP contribution in [0.3, 0.4) is 0 Å². The minimum atomic E-state index is -5.59. The summed E-state index contributed by atoms with van der Waals surface area (Å²) in [7, 11) is 0. The first-order valence-electron chi connectivity index (χ1n) is 10.4. The van der Waals surface area contributed by atoms with Gasteiger partial charge in [-0.15, -0.1) is 0 Å². The van der Waals surface area contributed by atoms with Gasteiger partial charge < -0.3 is 0 Å². The zero-order valence-electron chi connectivity index (χ0n) is 17.4. The third-order valence-electron chi connectivity index (χ3n) is 6.37. The van der Waals surface area contributed by atoms with Crippen LogP contribution in [0.5, 0.6) is 0 Å². The van der Waals surface area contributed by atoms with Crippen molar-refractivity contribution in [1.29, 1.82) is 0 Å². The Morgan fingerprint density at radius 1 is 0.727 bits per heavy atom. The lowest BCUT2D eigenvalue weighted by Crippen LogP contribution is -2.53. The molecule has 1 nitrogen and oxygen atoms in total. The van der Waals surface area contributed by atoms with Crippen molar-refractivity contribution in [2.75, 3.05) is 0 Å². The zero-order chi connectivity index (χ0) is 23.6. The summed E-state index contributed by atoms with van der Waals surface area (Å²) in [6.45, 7) is 1.93. The molecule has 0 radical (unpaired) electrons. The van der Waals surface area contributed by atoms with Crippen LogP contribution in [0.4, 0.5) is 26.3 Å². The van der Waals surface area contributed by atoms with Crippen LogP contribution in [0.2, 0.25) is 0 Å². The summed E-state index contributed by atoms with van der Waals surface area (Å²) < 4.78 is 86.4. The standard InChI is InChI=1S/C26H17F6N/c1-2-15-14-23(33-22-10-6-4-7-17(15)22)16-11-12-19-18-8-3-5-9-20(18)24(21(19)13-16,25(27,28)29)26(30,31)32/h3-14H,2H2,1H3. The number of pyridine rings is 1. The summed E-state index contributed by atoms with van der Waals surface area (Å²) in [6, 6.07) is 17.8. The highest BCUT2D eigenvalue weighted by molar-refractivity contribution is 5.87. The number of alkyl halides is 6. The Morgan fingerprint density at radius 2 is 1.36 bits per heavy atom. The second-order valence-corrected chi connectivity index (χ2v) is 8.09. The van der Waals surface area contributed by atoms with Gasteiger partial charge in [0.15, 0.2) is 0 Å². The monoisotopic (exact) mass is 457 g/mol. The topological polar surface area (TPSA) is 12.9 Å². The number of hydrogen-bond donors (Lipinski definition) is 0. The molecular formula is C26H17F6N. The minimum absolute atomic E-state index is 0.0607. The van der Waals surface area contributed by atoms with Crippen molar-refractivity contribution in [2.24, 2.45) is 0 Å². The molecule has 0 aliphatic heterocycles. The van der Waals surface area contributed by atoms with E-state index in [2.05, 4.69) is 4.98 Å². The molecule has 0 atom stereocenters. The average Bonchev–Trinajstić information content (AvgIpc) is 3.09. The predicted octanol–water partition coefficient (Wildman–Crippen LogP) is 7.86. The second kappa shape index (κ2) is 7.07. The number of para-hydroxylation sites is 1. The lowest BCUT2D eigenvalue weighted by Gasteiger charge is -2.36. The summed E-state index contributed by atoms with van der Waals surface area (Å²) >= 11 is 0. The molecule has 1 aliphatic rings. The van der Waals surface area contributed by atoms with E-state index < -0.39 is 28.9 Å². The maximum atomic E-state index is 14.4. The lowest BCUT2D eigenvalue weighted by molar-refractivity contribution is -0.287. The molecule has 0 amide bonds. The molecule has 0 saturated carbocycles. The molecule has 33 heavy (non-hydrogen) atoms. The van der Waals surface area contributed by atoms with Crippen LogP contribution in [0.1, 0.15) is 23.6 Å². The van der Waals surface area contributed by atoms with Gasteiger partial charge in [-0.25, -0.2) is 4.98 Å². The fourth-order valence-corrected chi connectivity index (χ4v) is 4.90. The van der Waals surface area contributed by atoms with Gasteiger partial charge in [-0.2, -0.15) is 26.3 Å². The Morgan fingerprint density at radius 3 is 2.06 bits per heavy atom. The molecule has 1 aromatic heterocycles. The van der Waals surface area contributed by atoms with E-state index in [-0.39, 0.29) is 16.7 Å². The summed E-state index contributed by atoms with van der Waals surface area (Å²) in [5.74, 6) is 0. The quantitative estimate of drug-likeness (QED) is 0.279. The largest absolute Gasteiger partial charge is 0.411 e. The Hall–Kier alpha value is -3.35. The molecule has 168 valence electrons. The molecule has 3 aromatic carbocycles. The van der Waals surface area contributed by atoms with E-state index >= 15 is 0 Å². The van der Waals surface area contributed by atoms with Gasteiger partial charge in [-0.05, 0) is 52.4 Å². The predicted molar refractivity (Wildman–Crippen MR) is 115 cm³/mol. The van der Waals surface area contributed by atoms with E-state index in [1.807, 2.05) is 19.1 Å². The van der Waals surface area contributed by atoms with E-state index in [0.29, 0.717) is 17.6 Å². The van der Waals surface area contributed by atoms with Gasteiger partial charge >= 0.3 is 12.4 Å². The van der Waals surface area contributed by atoms with Crippen LogP contribution >= 0.6 is 0 Å². The molecule has 0 unspecified atom stereocenters. The first-order chi connectivity index (χ1) is 15.6. The van der Waals surface area contributed by atoms with Gasteiger partial charge in [-0.1, -0.05) is 61.5 Å². The van der Waals surface area contributed by atoms with Gasteiger partial charge in [0.2, 0.25) is 5.41 Å². The molecule has 0 saturated heterocycles. The minimum Gasteiger partial charge on any atom is -0.248 e. The highest BCUT2D eigenvalue weighted by Crippen LogP contribution is 2.63. The van der Waals surface area contributed by atoms with Crippen molar-refractivity contribution in [3.8, 4) is 22.4 Å². The van der Waals surface area contributed by atoms with Gasteiger partial charge in [0, 0.05) is 10.9 Å². The molecule has 4 aromatic rings. The van der Waals surface area contributed by atoms with Crippen molar-refractivity contribution < 1.29 is 26.3 Å².